The van der Waals surface area contributed by atoms with E-state index < -0.39 is 21.8 Å². The summed E-state index contributed by atoms with van der Waals surface area (Å²) in [4.78, 5) is 2.52. The van der Waals surface area contributed by atoms with Crippen LogP contribution in [-0.2, 0) is 22.7 Å². The van der Waals surface area contributed by atoms with E-state index in [2.05, 4.69) is 4.90 Å². The molecule has 0 spiro atoms. The number of nitrogens with zero attached hydrogens (tertiary/aromatic N) is 2. The van der Waals surface area contributed by atoms with Crippen LogP contribution in [0.2, 0.25) is 0 Å². The summed E-state index contributed by atoms with van der Waals surface area (Å²) in [5.74, 6) is 0.515. The van der Waals surface area contributed by atoms with E-state index in [0.29, 0.717) is 24.5 Å². The van der Waals surface area contributed by atoms with Gasteiger partial charge in [-0.1, -0.05) is 30.3 Å². The van der Waals surface area contributed by atoms with Gasteiger partial charge in [0, 0.05) is 32.7 Å². The van der Waals surface area contributed by atoms with Crippen LogP contribution in [0.5, 0.6) is 0 Å². The first-order valence-corrected chi connectivity index (χ1v) is 10.6. The molecule has 2 fully saturated rings. The van der Waals surface area contributed by atoms with Crippen molar-refractivity contribution in [1.29, 1.82) is 0 Å². The van der Waals surface area contributed by atoms with Crippen molar-refractivity contribution in [1.82, 2.24) is 9.21 Å². The predicted octanol–water partition coefficient (Wildman–Crippen LogP) is 3.46. The first-order chi connectivity index (χ1) is 13.2. The van der Waals surface area contributed by atoms with Gasteiger partial charge in [-0.3, -0.25) is 4.90 Å². The Bertz CT molecular complexity index is 916. The number of fused-ring (bicyclic) bond motifs is 1. The molecule has 2 heterocycles. The average Bonchev–Trinajstić information content (AvgIpc) is 3.21. The van der Waals surface area contributed by atoms with Crippen LogP contribution in [0.1, 0.15) is 11.1 Å². The van der Waals surface area contributed by atoms with E-state index in [9.17, 15) is 21.6 Å². The monoisotopic (exact) mass is 410 g/mol. The number of benzene rings is 2. The van der Waals surface area contributed by atoms with E-state index in [4.69, 9.17) is 0 Å². The number of rotatable bonds is 4. The van der Waals surface area contributed by atoms with Gasteiger partial charge >= 0.3 is 6.18 Å². The Kier molecular flexibility index (Phi) is 4.97. The van der Waals surface area contributed by atoms with E-state index >= 15 is 0 Å². The molecule has 0 aromatic heterocycles. The summed E-state index contributed by atoms with van der Waals surface area (Å²) < 4.78 is 65.1. The fraction of sp³-hybridized carbons (Fsp3) is 0.400. The molecule has 2 saturated heterocycles. The predicted molar refractivity (Wildman–Crippen MR) is 98.9 cm³/mol. The number of alkyl halides is 3. The second-order valence-corrected chi connectivity index (χ2v) is 9.48. The molecule has 2 atom stereocenters. The van der Waals surface area contributed by atoms with Crippen LogP contribution in [0.25, 0.3) is 0 Å². The Morgan fingerprint density at radius 2 is 1.43 bits per heavy atom. The summed E-state index contributed by atoms with van der Waals surface area (Å²) >= 11 is 0. The number of hydrogen-bond donors (Lipinski definition) is 0. The Labute approximate surface area is 162 Å². The third kappa shape index (κ3) is 3.81. The third-order valence-corrected chi connectivity index (χ3v) is 7.44. The Hall–Kier alpha value is -1.90. The largest absolute Gasteiger partial charge is 0.416 e. The zero-order valence-corrected chi connectivity index (χ0v) is 16.0. The zero-order valence-electron chi connectivity index (χ0n) is 15.1. The minimum atomic E-state index is -4.32. The van der Waals surface area contributed by atoms with Gasteiger partial charge in [0.2, 0.25) is 10.0 Å². The molecule has 28 heavy (non-hydrogen) atoms. The van der Waals surface area contributed by atoms with Crippen LogP contribution in [0.3, 0.4) is 0 Å². The highest BCUT2D eigenvalue weighted by molar-refractivity contribution is 7.89. The molecule has 0 N–H and O–H groups in total. The van der Waals surface area contributed by atoms with Crippen LogP contribution >= 0.6 is 0 Å². The van der Waals surface area contributed by atoms with Crippen molar-refractivity contribution < 1.29 is 21.6 Å². The third-order valence-electron chi connectivity index (χ3n) is 5.60. The lowest BCUT2D eigenvalue weighted by Crippen LogP contribution is -2.33. The maximum Gasteiger partial charge on any atom is 0.416 e. The molecule has 0 amide bonds. The molecular formula is C20H21F3N2O2S. The van der Waals surface area contributed by atoms with Gasteiger partial charge in [0.25, 0.3) is 0 Å². The van der Waals surface area contributed by atoms with E-state index in [-0.39, 0.29) is 11.8 Å². The van der Waals surface area contributed by atoms with E-state index in [1.165, 1.54) is 12.1 Å². The van der Waals surface area contributed by atoms with Crippen molar-refractivity contribution in [2.24, 2.45) is 11.8 Å². The molecule has 0 saturated carbocycles. The smallest absolute Gasteiger partial charge is 0.298 e. The van der Waals surface area contributed by atoms with Crippen LogP contribution in [0.15, 0.2) is 59.5 Å². The number of likely N-dealkylation sites (tertiary alicyclic amines) is 1. The zero-order chi connectivity index (χ0) is 19.9. The van der Waals surface area contributed by atoms with Gasteiger partial charge < -0.3 is 0 Å². The van der Waals surface area contributed by atoms with E-state index in [1.54, 1.807) is 34.6 Å². The molecule has 2 aromatic rings. The first kappa shape index (κ1) is 19.4. The Balaban J connectivity index is 1.37. The van der Waals surface area contributed by atoms with Crippen molar-refractivity contribution >= 4 is 10.0 Å². The summed E-state index contributed by atoms with van der Waals surface area (Å²) in [7, 11) is -3.47. The molecule has 4 nitrogen and oxygen atoms in total. The molecule has 4 rings (SSSR count). The van der Waals surface area contributed by atoms with Gasteiger partial charge in [0.1, 0.15) is 0 Å². The molecule has 8 heteroatoms. The molecule has 150 valence electrons. The lowest BCUT2D eigenvalue weighted by molar-refractivity contribution is -0.137. The first-order valence-electron chi connectivity index (χ1n) is 9.17. The summed E-state index contributed by atoms with van der Waals surface area (Å²) in [5.41, 5.74) is 0.193. The van der Waals surface area contributed by atoms with Crippen molar-refractivity contribution in [3.63, 3.8) is 0 Å². The molecule has 2 aliphatic rings. The average molecular weight is 410 g/mol. The molecule has 0 aliphatic carbocycles. The minimum absolute atomic E-state index is 0.257. The number of sulfonamides is 1. The highest BCUT2D eigenvalue weighted by Crippen LogP contribution is 2.35. The van der Waals surface area contributed by atoms with Gasteiger partial charge in [-0.2, -0.15) is 17.5 Å². The lowest BCUT2D eigenvalue weighted by Gasteiger charge is -2.21. The Morgan fingerprint density at radius 3 is 1.96 bits per heavy atom. The molecule has 2 aliphatic heterocycles. The summed E-state index contributed by atoms with van der Waals surface area (Å²) in [5, 5.41) is 0. The number of hydrogen-bond acceptors (Lipinski definition) is 3. The highest BCUT2D eigenvalue weighted by Gasteiger charge is 2.44. The van der Waals surface area contributed by atoms with Gasteiger partial charge in [-0.15, -0.1) is 0 Å². The van der Waals surface area contributed by atoms with Crippen molar-refractivity contribution in [3.8, 4) is 0 Å². The van der Waals surface area contributed by atoms with Gasteiger partial charge in [-0.05, 0) is 41.7 Å². The molecular weight excluding hydrogens is 389 g/mol. The van der Waals surface area contributed by atoms with E-state index in [1.807, 2.05) is 0 Å². The van der Waals surface area contributed by atoms with E-state index in [0.717, 1.165) is 30.8 Å². The summed E-state index contributed by atoms with van der Waals surface area (Å²) in [6.45, 7) is 3.08. The lowest BCUT2D eigenvalue weighted by atomic mass is 10.0. The van der Waals surface area contributed by atoms with Crippen LogP contribution in [0, 0.1) is 11.8 Å². The molecule has 0 radical (unpaired) electrons. The van der Waals surface area contributed by atoms with Gasteiger partial charge in [0.05, 0.1) is 10.5 Å². The molecule has 0 unspecified atom stereocenters. The van der Waals surface area contributed by atoms with Gasteiger partial charge in [0.15, 0.2) is 0 Å². The maximum atomic E-state index is 12.8. The van der Waals surface area contributed by atoms with Crippen LogP contribution < -0.4 is 0 Å². The van der Waals surface area contributed by atoms with Crippen molar-refractivity contribution in [3.05, 3.63) is 65.7 Å². The second-order valence-electron chi connectivity index (χ2n) is 7.54. The quantitative estimate of drug-likeness (QED) is 0.775. The fourth-order valence-electron chi connectivity index (χ4n) is 4.17. The highest BCUT2D eigenvalue weighted by atomic mass is 32.2. The maximum absolute atomic E-state index is 12.8. The second kappa shape index (κ2) is 7.17. The Morgan fingerprint density at radius 1 is 0.857 bits per heavy atom. The van der Waals surface area contributed by atoms with Crippen molar-refractivity contribution in [2.75, 3.05) is 26.2 Å². The molecule has 2 aromatic carbocycles. The minimum Gasteiger partial charge on any atom is -0.298 e. The van der Waals surface area contributed by atoms with Crippen LogP contribution in [-0.4, -0.2) is 43.8 Å². The summed E-state index contributed by atoms with van der Waals surface area (Å²) in [6.07, 6.45) is -4.32. The van der Waals surface area contributed by atoms with Gasteiger partial charge in [-0.25, -0.2) is 8.42 Å². The normalized spacial score (nSPS) is 23.8. The molecule has 0 bridgehead atoms. The SMILES string of the molecule is O=S(=O)(c1ccccc1)N1C[C@@H]2CN(Cc3ccc(C(F)(F)F)cc3)C[C@H]2C1. The van der Waals surface area contributed by atoms with Crippen molar-refractivity contribution in [2.45, 2.75) is 17.6 Å². The van der Waals surface area contributed by atoms with Crippen LogP contribution in [0.4, 0.5) is 13.2 Å². The topological polar surface area (TPSA) is 40.6 Å². The number of halogens is 3. The summed E-state index contributed by atoms with van der Waals surface area (Å²) in [6, 6.07) is 13.7. The fourth-order valence-corrected chi connectivity index (χ4v) is 5.75. The standard InChI is InChI=1S/C20H21F3N2O2S/c21-20(22,23)18-8-6-15(7-9-18)10-24-11-16-13-25(14-17(16)12-24)28(26,27)19-4-2-1-3-5-19/h1-9,16-17H,10-14H2/t16-,17-/m0/s1.